The molecule has 1 atom stereocenters. The van der Waals surface area contributed by atoms with Crippen molar-refractivity contribution in [1.29, 1.82) is 0 Å². The number of rotatable bonds is 3. The van der Waals surface area contributed by atoms with Gasteiger partial charge < -0.3 is 5.73 Å². The van der Waals surface area contributed by atoms with Crippen LogP contribution >= 0.6 is 11.8 Å². The van der Waals surface area contributed by atoms with E-state index in [1.54, 1.807) is 12.1 Å². The Morgan fingerprint density at radius 2 is 2.11 bits per heavy atom. The Bertz CT molecular complexity index is 638. The monoisotopic (exact) mass is 301 g/mol. The number of fused-ring (bicyclic) bond motifs is 1. The molecule has 1 unspecified atom stereocenters. The summed E-state index contributed by atoms with van der Waals surface area (Å²) < 4.78 is 34.8. The van der Waals surface area contributed by atoms with Gasteiger partial charge in [0.05, 0.1) is 0 Å². The van der Waals surface area contributed by atoms with Gasteiger partial charge in [-0.05, 0) is 17.7 Å². The molecule has 1 amide bonds. The Morgan fingerprint density at radius 1 is 1.42 bits per heavy atom. The zero-order valence-electron chi connectivity index (χ0n) is 9.65. The van der Waals surface area contributed by atoms with E-state index in [9.17, 15) is 13.2 Å². The summed E-state index contributed by atoms with van der Waals surface area (Å²) in [6.07, 6.45) is 0.373. The molecule has 0 saturated carbocycles. The third-order valence-electron chi connectivity index (χ3n) is 2.49. The van der Waals surface area contributed by atoms with Crippen molar-refractivity contribution in [2.24, 2.45) is 5.73 Å². The molecule has 0 radical (unpaired) electrons. The van der Waals surface area contributed by atoms with Gasteiger partial charge >= 0.3 is 10.4 Å². The van der Waals surface area contributed by atoms with Crippen LogP contribution in [0, 0.1) is 0 Å². The first-order valence-corrected chi connectivity index (χ1v) is 7.61. The van der Waals surface area contributed by atoms with Crippen molar-refractivity contribution in [2.45, 2.75) is 11.0 Å². The lowest BCUT2D eigenvalue weighted by Gasteiger charge is -2.14. The standard InChI is InChI=1S/C11H11NO5S2/c12-11(13)8-5-7-3-1-2-4-10(7)18-6-9(8)17-19(14,15)16/h1-5,9H,6H2,(H2,12,13)(H,14,15,16). The molecule has 19 heavy (non-hydrogen) atoms. The largest absolute Gasteiger partial charge is 0.397 e. The molecule has 0 aromatic heterocycles. The number of carbonyl (C=O) groups excluding carboxylic acids is 1. The summed E-state index contributed by atoms with van der Waals surface area (Å²) in [4.78, 5) is 12.3. The summed E-state index contributed by atoms with van der Waals surface area (Å²) in [5.74, 6) is -0.628. The minimum atomic E-state index is -4.66. The summed E-state index contributed by atoms with van der Waals surface area (Å²) >= 11 is 1.32. The molecule has 0 aliphatic carbocycles. The van der Waals surface area contributed by atoms with Crippen LogP contribution in [0.25, 0.3) is 6.08 Å². The third-order valence-corrected chi connectivity index (χ3v) is 4.12. The van der Waals surface area contributed by atoms with Gasteiger partial charge in [-0.1, -0.05) is 18.2 Å². The lowest BCUT2D eigenvalue weighted by Crippen LogP contribution is -2.29. The number of nitrogens with two attached hydrogens (primary N) is 1. The summed E-state index contributed by atoms with van der Waals surface area (Å²) in [7, 11) is -4.66. The fraction of sp³-hybridized carbons (Fsp3) is 0.182. The van der Waals surface area contributed by atoms with Crippen molar-refractivity contribution in [1.82, 2.24) is 0 Å². The van der Waals surface area contributed by atoms with Crippen LogP contribution in [0.3, 0.4) is 0 Å². The maximum absolute atomic E-state index is 11.4. The van der Waals surface area contributed by atoms with Gasteiger partial charge in [0, 0.05) is 16.2 Å². The fourth-order valence-electron chi connectivity index (χ4n) is 1.70. The normalized spacial score (nSPS) is 19.2. The topological polar surface area (TPSA) is 107 Å². The van der Waals surface area contributed by atoms with E-state index in [2.05, 4.69) is 4.18 Å². The lowest BCUT2D eigenvalue weighted by molar-refractivity contribution is -0.115. The van der Waals surface area contributed by atoms with E-state index in [0.717, 1.165) is 10.5 Å². The number of benzene rings is 1. The number of carbonyl (C=O) groups is 1. The molecule has 1 aliphatic heterocycles. The van der Waals surface area contributed by atoms with Crippen LogP contribution in [0.1, 0.15) is 5.56 Å². The van der Waals surface area contributed by atoms with Crippen LogP contribution < -0.4 is 5.73 Å². The third kappa shape index (κ3) is 3.57. The van der Waals surface area contributed by atoms with Crippen molar-refractivity contribution < 1.29 is 21.9 Å². The second kappa shape index (κ2) is 5.33. The summed E-state index contributed by atoms with van der Waals surface area (Å²) in [6.45, 7) is 0. The number of hydrogen-bond donors (Lipinski definition) is 2. The van der Waals surface area contributed by atoms with E-state index in [-0.39, 0.29) is 11.3 Å². The average Bonchev–Trinajstić information content (AvgIpc) is 2.47. The van der Waals surface area contributed by atoms with Gasteiger partial charge in [0.25, 0.3) is 0 Å². The first kappa shape index (κ1) is 14.1. The highest BCUT2D eigenvalue weighted by molar-refractivity contribution is 7.99. The number of hydrogen-bond acceptors (Lipinski definition) is 5. The summed E-state index contributed by atoms with van der Waals surface area (Å²) in [6, 6.07) is 7.23. The molecule has 0 bridgehead atoms. The molecule has 2 rings (SSSR count). The minimum absolute atomic E-state index is 0.00933. The Balaban J connectivity index is 2.43. The molecule has 102 valence electrons. The Labute approximate surface area is 114 Å². The smallest absolute Gasteiger partial charge is 0.366 e. The van der Waals surface area contributed by atoms with Crippen LogP contribution in [-0.4, -0.2) is 30.7 Å². The zero-order valence-corrected chi connectivity index (χ0v) is 11.3. The maximum atomic E-state index is 11.4. The van der Waals surface area contributed by atoms with Gasteiger partial charge in [-0.2, -0.15) is 8.42 Å². The quantitative estimate of drug-likeness (QED) is 0.802. The highest BCUT2D eigenvalue weighted by atomic mass is 32.3. The van der Waals surface area contributed by atoms with Crippen molar-refractivity contribution in [2.75, 3.05) is 5.75 Å². The number of primary amides is 1. The van der Waals surface area contributed by atoms with Gasteiger partial charge in [0.15, 0.2) is 0 Å². The molecule has 1 aromatic carbocycles. The molecule has 1 aromatic rings. The average molecular weight is 301 g/mol. The van der Waals surface area contributed by atoms with Crippen LogP contribution in [-0.2, 0) is 19.4 Å². The lowest BCUT2D eigenvalue weighted by atomic mass is 10.1. The molecule has 1 heterocycles. The molecular weight excluding hydrogens is 290 g/mol. The predicted octanol–water partition coefficient (Wildman–Crippen LogP) is 0.849. The molecule has 1 aliphatic rings. The highest BCUT2D eigenvalue weighted by Gasteiger charge is 2.27. The summed E-state index contributed by atoms with van der Waals surface area (Å²) in [5, 5.41) is 0. The van der Waals surface area contributed by atoms with Gasteiger partial charge in [0.1, 0.15) is 6.10 Å². The van der Waals surface area contributed by atoms with Crippen LogP contribution in [0.2, 0.25) is 0 Å². The Hall–Kier alpha value is -1.35. The Morgan fingerprint density at radius 3 is 2.74 bits per heavy atom. The molecular formula is C11H11NO5S2. The van der Waals surface area contributed by atoms with Crippen molar-refractivity contribution in [3.8, 4) is 0 Å². The van der Waals surface area contributed by atoms with Gasteiger partial charge in [-0.3, -0.25) is 9.35 Å². The van der Waals surface area contributed by atoms with E-state index < -0.39 is 22.4 Å². The first-order chi connectivity index (χ1) is 8.87. The van der Waals surface area contributed by atoms with Gasteiger partial charge in [-0.15, -0.1) is 11.8 Å². The van der Waals surface area contributed by atoms with E-state index in [4.69, 9.17) is 10.3 Å². The van der Waals surface area contributed by atoms with Crippen molar-refractivity contribution >= 4 is 34.1 Å². The predicted molar refractivity (Wildman–Crippen MR) is 70.8 cm³/mol. The number of amides is 1. The maximum Gasteiger partial charge on any atom is 0.397 e. The van der Waals surface area contributed by atoms with Crippen LogP contribution in [0.15, 0.2) is 34.7 Å². The highest BCUT2D eigenvalue weighted by Crippen LogP contribution is 2.32. The molecule has 0 fully saturated rings. The second-order valence-corrected chi connectivity index (χ2v) is 5.94. The van der Waals surface area contributed by atoms with E-state index >= 15 is 0 Å². The van der Waals surface area contributed by atoms with Crippen LogP contribution in [0.5, 0.6) is 0 Å². The first-order valence-electron chi connectivity index (χ1n) is 5.26. The van der Waals surface area contributed by atoms with Crippen LogP contribution in [0.4, 0.5) is 0 Å². The molecule has 3 N–H and O–H groups in total. The van der Waals surface area contributed by atoms with Crippen molar-refractivity contribution in [3.05, 3.63) is 35.4 Å². The fourth-order valence-corrected chi connectivity index (χ4v) is 3.30. The van der Waals surface area contributed by atoms with E-state index in [0.29, 0.717) is 0 Å². The van der Waals surface area contributed by atoms with Crippen molar-refractivity contribution in [3.63, 3.8) is 0 Å². The zero-order chi connectivity index (χ0) is 14.0. The Kier molecular flexibility index (Phi) is 3.95. The minimum Gasteiger partial charge on any atom is -0.366 e. The number of thioether (sulfide) groups is 1. The molecule has 8 heteroatoms. The molecule has 0 saturated heterocycles. The summed E-state index contributed by atoms with van der Waals surface area (Å²) in [5.41, 5.74) is 5.99. The second-order valence-electron chi connectivity index (χ2n) is 3.83. The van der Waals surface area contributed by atoms with Gasteiger partial charge in [0.2, 0.25) is 5.91 Å². The van der Waals surface area contributed by atoms with Gasteiger partial charge in [-0.25, -0.2) is 4.18 Å². The SMILES string of the molecule is NC(=O)C1=Cc2ccccc2SCC1OS(=O)(=O)O. The molecule has 6 nitrogen and oxygen atoms in total. The van der Waals surface area contributed by atoms with E-state index in [1.165, 1.54) is 17.8 Å². The van der Waals surface area contributed by atoms with E-state index in [1.807, 2.05) is 12.1 Å². The molecule has 0 spiro atoms.